The maximum Gasteiger partial charge on any atom is 0.234 e. The highest BCUT2D eigenvalue weighted by atomic mass is 32.2. The first-order valence-corrected chi connectivity index (χ1v) is 10.9. The largest absolute Gasteiger partial charge is 0.326 e. The molecule has 0 saturated heterocycles. The minimum absolute atomic E-state index is 0.0725. The molecule has 9 heteroatoms. The molecule has 0 radical (unpaired) electrons. The topological polar surface area (TPSA) is 88.9 Å². The van der Waals surface area contributed by atoms with E-state index < -0.39 is 0 Å². The third-order valence-electron chi connectivity index (χ3n) is 4.58. The number of amides is 2. The first-order valence-electron chi connectivity index (χ1n) is 9.95. The van der Waals surface area contributed by atoms with E-state index in [1.165, 1.54) is 23.9 Å². The molecule has 2 N–H and O–H groups in total. The fraction of sp³-hybridized carbons (Fsp3) is 0.130. The molecule has 0 aliphatic heterocycles. The Morgan fingerprint density at radius 1 is 0.969 bits per heavy atom. The molecule has 162 valence electrons. The van der Waals surface area contributed by atoms with Crippen molar-refractivity contribution in [3.63, 3.8) is 0 Å². The fourth-order valence-electron chi connectivity index (χ4n) is 3.02. The van der Waals surface area contributed by atoms with Crippen LogP contribution in [0.15, 0.2) is 72.0 Å². The number of thioether (sulfide) groups is 1. The molecule has 2 heterocycles. The van der Waals surface area contributed by atoms with Crippen molar-refractivity contribution in [3.05, 3.63) is 72.7 Å². The predicted octanol–water partition coefficient (Wildman–Crippen LogP) is 4.64. The molecular weight excluding hydrogens is 429 g/mol. The van der Waals surface area contributed by atoms with Crippen LogP contribution in [0.3, 0.4) is 0 Å². The Morgan fingerprint density at radius 3 is 2.28 bits per heavy atom. The highest BCUT2D eigenvalue weighted by Gasteiger charge is 2.15. The second-order valence-corrected chi connectivity index (χ2v) is 7.81. The van der Waals surface area contributed by atoms with Gasteiger partial charge in [0.05, 0.1) is 5.75 Å². The molecule has 2 aromatic heterocycles. The minimum atomic E-state index is -0.333. The third-order valence-corrected chi connectivity index (χ3v) is 5.51. The van der Waals surface area contributed by atoms with Crippen LogP contribution in [0, 0.1) is 5.82 Å². The lowest BCUT2D eigenvalue weighted by Gasteiger charge is -2.09. The first-order chi connectivity index (χ1) is 15.5. The van der Waals surface area contributed by atoms with Gasteiger partial charge >= 0.3 is 0 Å². The van der Waals surface area contributed by atoms with E-state index in [0.717, 1.165) is 0 Å². The number of carbonyl (C=O) groups is 2. The van der Waals surface area contributed by atoms with Gasteiger partial charge in [-0.1, -0.05) is 18.7 Å². The average molecular weight is 450 g/mol. The lowest BCUT2D eigenvalue weighted by molar-refractivity contribution is -0.116. The van der Waals surface area contributed by atoms with Crippen molar-refractivity contribution < 1.29 is 14.0 Å². The molecule has 7 nitrogen and oxygen atoms in total. The van der Waals surface area contributed by atoms with Gasteiger partial charge in [0.1, 0.15) is 11.3 Å². The summed E-state index contributed by atoms with van der Waals surface area (Å²) in [5, 5.41) is 6.17. The lowest BCUT2D eigenvalue weighted by atomic mass is 10.2. The summed E-state index contributed by atoms with van der Waals surface area (Å²) in [5.74, 6) is -0.485. The van der Waals surface area contributed by atoms with Crippen LogP contribution in [-0.4, -0.2) is 32.1 Å². The monoisotopic (exact) mass is 449 g/mol. The van der Waals surface area contributed by atoms with Gasteiger partial charge in [-0.05, 0) is 60.7 Å². The summed E-state index contributed by atoms with van der Waals surface area (Å²) in [6.07, 6.45) is 2.06. The van der Waals surface area contributed by atoms with Gasteiger partial charge in [0, 0.05) is 29.7 Å². The highest BCUT2D eigenvalue weighted by molar-refractivity contribution is 7.99. The highest BCUT2D eigenvalue weighted by Crippen LogP contribution is 2.27. The zero-order chi connectivity index (χ0) is 22.5. The van der Waals surface area contributed by atoms with Crippen LogP contribution in [0.2, 0.25) is 0 Å². The van der Waals surface area contributed by atoms with Crippen LogP contribution >= 0.6 is 11.8 Å². The number of nitrogens with zero attached hydrogens (tertiary/aromatic N) is 3. The number of benzene rings is 2. The Kier molecular flexibility index (Phi) is 6.46. The maximum atomic E-state index is 13.4. The van der Waals surface area contributed by atoms with Gasteiger partial charge in [0.2, 0.25) is 11.8 Å². The zero-order valence-corrected chi connectivity index (χ0v) is 18.0. The van der Waals surface area contributed by atoms with Crippen molar-refractivity contribution >= 4 is 46.1 Å². The van der Waals surface area contributed by atoms with Crippen LogP contribution in [0.1, 0.15) is 13.3 Å². The quantitative estimate of drug-likeness (QED) is 0.401. The van der Waals surface area contributed by atoms with Gasteiger partial charge < -0.3 is 10.6 Å². The van der Waals surface area contributed by atoms with Crippen molar-refractivity contribution in [2.75, 3.05) is 16.4 Å². The summed E-state index contributed by atoms with van der Waals surface area (Å²) < 4.78 is 15.2. The van der Waals surface area contributed by atoms with Crippen LogP contribution in [0.4, 0.5) is 15.8 Å². The molecule has 0 aliphatic rings. The number of carbonyl (C=O) groups excluding carboxylic acids is 2. The van der Waals surface area contributed by atoms with E-state index in [1.54, 1.807) is 60.2 Å². The lowest BCUT2D eigenvalue weighted by Crippen LogP contribution is -2.15. The SMILES string of the molecule is CCC(=O)Nc1ccc(NC(=O)CSc2nc3cccnc3n2-c2ccc(F)cc2)cc1. The summed E-state index contributed by atoms with van der Waals surface area (Å²) >= 11 is 1.26. The smallest absolute Gasteiger partial charge is 0.234 e. The Hall–Kier alpha value is -3.72. The normalized spacial score (nSPS) is 10.8. The molecular formula is C23H20FN5O2S. The number of halogens is 1. The average Bonchev–Trinajstić information content (AvgIpc) is 3.18. The van der Waals surface area contributed by atoms with Gasteiger partial charge in [-0.2, -0.15) is 0 Å². The van der Waals surface area contributed by atoms with Crippen molar-refractivity contribution in [2.45, 2.75) is 18.5 Å². The minimum Gasteiger partial charge on any atom is -0.326 e. The number of nitrogens with one attached hydrogen (secondary N) is 2. The molecule has 0 aliphatic carbocycles. The van der Waals surface area contributed by atoms with Crippen LogP contribution in [0.25, 0.3) is 16.9 Å². The number of anilines is 2. The van der Waals surface area contributed by atoms with E-state index in [4.69, 9.17) is 0 Å². The van der Waals surface area contributed by atoms with Crippen LogP contribution in [0.5, 0.6) is 0 Å². The van der Waals surface area contributed by atoms with Crippen molar-refractivity contribution in [1.29, 1.82) is 0 Å². The van der Waals surface area contributed by atoms with Gasteiger partial charge in [-0.15, -0.1) is 0 Å². The molecule has 0 bridgehead atoms. The predicted molar refractivity (Wildman–Crippen MR) is 124 cm³/mol. The molecule has 0 fully saturated rings. The number of imidazole rings is 1. The van der Waals surface area contributed by atoms with Crippen molar-refractivity contribution in [3.8, 4) is 5.69 Å². The van der Waals surface area contributed by atoms with Crippen molar-refractivity contribution in [2.24, 2.45) is 0 Å². The molecule has 4 aromatic rings. The Morgan fingerprint density at radius 2 is 1.62 bits per heavy atom. The molecule has 0 unspecified atom stereocenters. The summed E-state index contributed by atoms with van der Waals surface area (Å²) in [4.78, 5) is 32.9. The summed E-state index contributed by atoms with van der Waals surface area (Å²) in [6, 6.07) is 16.6. The number of rotatable bonds is 7. The molecule has 4 rings (SSSR count). The molecule has 32 heavy (non-hydrogen) atoms. The summed E-state index contributed by atoms with van der Waals surface area (Å²) in [7, 11) is 0. The number of pyridine rings is 1. The van der Waals surface area contributed by atoms with Gasteiger partial charge in [0.25, 0.3) is 0 Å². The van der Waals surface area contributed by atoms with Crippen molar-refractivity contribution in [1.82, 2.24) is 14.5 Å². The number of hydrogen-bond acceptors (Lipinski definition) is 5. The molecule has 2 aromatic carbocycles. The van der Waals surface area contributed by atoms with Crippen LogP contribution in [-0.2, 0) is 9.59 Å². The fourth-order valence-corrected chi connectivity index (χ4v) is 3.84. The second-order valence-electron chi connectivity index (χ2n) is 6.87. The summed E-state index contributed by atoms with van der Waals surface area (Å²) in [5.41, 5.74) is 3.32. The van der Waals surface area contributed by atoms with E-state index in [0.29, 0.717) is 39.8 Å². The molecule has 2 amide bonds. The maximum absolute atomic E-state index is 13.4. The van der Waals surface area contributed by atoms with Gasteiger partial charge in [-0.3, -0.25) is 14.2 Å². The number of aromatic nitrogens is 3. The van der Waals surface area contributed by atoms with Crippen LogP contribution < -0.4 is 10.6 Å². The van der Waals surface area contributed by atoms with Gasteiger partial charge in [-0.25, -0.2) is 14.4 Å². The second kappa shape index (κ2) is 9.61. The number of fused-ring (bicyclic) bond motifs is 1. The Labute approximate surface area is 188 Å². The third kappa shape index (κ3) is 4.94. The standard InChI is InChI=1S/C23H20FN5O2S/c1-2-20(30)26-16-7-9-17(10-8-16)27-21(31)14-32-23-28-19-4-3-13-25-22(19)29(23)18-11-5-15(24)6-12-18/h3-13H,2,14H2,1H3,(H,26,30)(H,27,31). The Bertz CT molecular complexity index is 1260. The first kappa shape index (κ1) is 21.5. The summed E-state index contributed by atoms with van der Waals surface area (Å²) in [6.45, 7) is 1.78. The van der Waals surface area contributed by atoms with E-state index in [-0.39, 0.29) is 23.4 Å². The zero-order valence-electron chi connectivity index (χ0n) is 17.2. The van der Waals surface area contributed by atoms with Gasteiger partial charge in [0.15, 0.2) is 10.8 Å². The molecule has 0 saturated carbocycles. The molecule has 0 spiro atoms. The van der Waals surface area contributed by atoms with E-state index in [9.17, 15) is 14.0 Å². The molecule has 0 atom stereocenters. The Balaban J connectivity index is 1.47. The van der Waals surface area contributed by atoms with E-state index in [1.807, 2.05) is 6.07 Å². The number of hydrogen-bond donors (Lipinski definition) is 2. The van der Waals surface area contributed by atoms with E-state index >= 15 is 0 Å². The van der Waals surface area contributed by atoms with E-state index in [2.05, 4.69) is 20.6 Å².